The van der Waals surface area contributed by atoms with E-state index >= 15 is 0 Å². The Morgan fingerprint density at radius 2 is 2.21 bits per heavy atom. The van der Waals surface area contributed by atoms with Crippen LogP contribution in [0.5, 0.6) is 0 Å². The molecule has 1 atom stereocenters. The molecule has 5 heteroatoms. The summed E-state index contributed by atoms with van der Waals surface area (Å²) in [6.07, 6.45) is 1.76. The number of thiocarbonyl (C=S) groups is 1. The number of furan rings is 1. The number of carbonyl (C=O) groups excluding carboxylic acids is 1. The minimum Gasteiger partial charge on any atom is -0.451 e. The standard InChI is InChI=1S/C14H14N2O2S/c15-13(19)10-5-3-7-16(10)14(17)12-8-9-4-1-2-6-11(9)18-12/h1-2,4,6,8,10H,3,5,7H2,(H2,15,19). The fraction of sp³-hybridized carbons (Fsp3) is 0.286. The Hall–Kier alpha value is -1.88. The van der Waals surface area contributed by atoms with Crippen LogP contribution in [0.3, 0.4) is 0 Å². The van der Waals surface area contributed by atoms with Gasteiger partial charge in [0.1, 0.15) is 5.58 Å². The summed E-state index contributed by atoms with van der Waals surface area (Å²) in [6.45, 7) is 0.678. The predicted octanol–water partition coefficient (Wildman–Crippen LogP) is 2.32. The fourth-order valence-corrected chi connectivity index (χ4v) is 2.78. The Labute approximate surface area is 116 Å². The van der Waals surface area contributed by atoms with Crippen molar-refractivity contribution in [3.05, 3.63) is 36.1 Å². The average Bonchev–Trinajstić information content (AvgIpc) is 3.04. The molecule has 3 rings (SSSR count). The first-order valence-electron chi connectivity index (χ1n) is 6.25. The maximum absolute atomic E-state index is 12.4. The van der Waals surface area contributed by atoms with Gasteiger partial charge < -0.3 is 15.1 Å². The molecular formula is C14H14N2O2S. The van der Waals surface area contributed by atoms with E-state index in [1.165, 1.54) is 0 Å². The minimum atomic E-state index is -0.143. The van der Waals surface area contributed by atoms with Crippen molar-refractivity contribution in [2.75, 3.05) is 6.54 Å². The van der Waals surface area contributed by atoms with Gasteiger partial charge in [-0.2, -0.15) is 0 Å². The summed E-state index contributed by atoms with van der Waals surface area (Å²) >= 11 is 5.02. The van der Waals surface area contributed by atoms with Crippen molar-refractivity contribution in [1.82, 2.24) is 4.90 Å². The van der Waals surface area contributed by atoms with Gasteiger partial charge in [0.25, 0.3) is 5.91 Å². The predicted molar refractivity (Wildman–Crippen MR) is 77.1 cm³/mol. The van der Waals surface area contributed by atoms with Crippen LogP contribution in [-0.4, -0.2) is 28.4 Å². The summed E-state index contributed by atoms with van der Waals surface area (Å²) in [6, 6.07) is 9.20. The lowest BCUT2D eigenvalue weighted by Crippen LogP contribution is -2.42. The molecule has 1 unspecified atom stereocenters. The lowest BCUT2D eigenvalue weighted by Gasteiger charge is -2.22. The highest BCUT2D eigenvalue weighted by molar-refractivity contribution is 7.80. The van der Waals surface area contributed by atoms with E-state index in [9.17, 15) is 4.79 Å². The van der Waals surface area contributed by atoms with E-state index in [-0.39, 0.29) is 11.9 Å². The van der Waals surface area contributed by atoms with Gasteiger partial charge >= 0.3 is 0 Å². The summed E-state index contributed by atoms with van der Waals surface area (Å²) in [7, 11) is 0. The Balaban J connectivity index is 1.93. The second-order valence-electron chi connectivity index (χ2n) is 4.71. The first-order chi connectivity index (χ1) is 9.16. The number of benzene rings is 1. The maximum atomic E-state index is 12.4. The van der Waals surface area contributed by atoms with Gasteiger partial charge in [-0.15, -0.1) is 0 Å². The third kappa shape index (κ3) is 2.10. The average molecular weight is 274 g/mol. The molecule has 4 nitrogen and oxygen atoms in total. The fourth-order valence-electron chi connectivity index (χ4n) is 2.53. The van der Waals surface area contributed by atoms with Crippen molar-refractivity contribution in [1.29, 1.82) is 0 Å². The number of carbonyl (C=O) groups is 1. The monoisotopic (exact) mass is 274 g/mol. The van der Waals surface area contributed by atoms with Gasteiger partial charge in [0.2, 0.25) is 0 Å². The van der Waals surface area contributed by atoms with Crippen LogP contribution in [0.2, 0.25) is 0 Å². The quantitative estimate of drug-likeness (QED) is 0.854. The van der Waals surface area contributed by atoms with Crippen LogP contribution in [0.15, 0.2) is 34.7 Å². The van der Waals surface area contributed by atoms with Crippen LogP contribution < -0.4 is 5.73 Å². The van der Waals surface area contributed by atoms with E-state index in [4.69, 9.17) is 22.4 Å². The largest absolute Gasteiger partial charge is 0.451 e. The van der Waals surface area contributed by atoms with Crippen molar-refractivity contribution in [2.24, 2.45) is 5.73 Å². The zero-order chi connectivity index (χ0) is 13.4. The highest BCUT2D eigenvalue weighted by atomic mass is 32.1. The highest BCUT2D eigenvalue weighted by Gasteiger charge is 2.32. The van der Waals surface area contributed by atoms with Gasteiger partial charge in [0.15, 0.2) is 5.76 Å². The van der Waals surface area contributed by atoms with E-state index in [2.05, 4.69) is 0 Å². The number of nitrogens with zero attached hydrogens (tertiary/aromatic N) is 1. The number of nitrogens with two attached hydrogens (primary N) is 1. The summed E-state index contributed by atoms with van der Waals surface area (Å²) in [5, 5.41) is 0.928. The smallest absolute Gasteiger partial charge is 0.290 e. The normalized spacial score (nSPS) is 18.9. The van der Waals surface area contributed by atoms with E-state index in [0.29, 0.717) is 17.3 Å². The molecule has 1 aliphatic heterocycles. The number of para-hydroxylation sites is 1. The maximum Gasteiger partial charge on any atom is 0.290 e. The second-order valence-corrected chi connectivity index (χ2v) is 5.18. The number of hydrogen-bond donors (Lipinski definition) is 1. The van der Waals surface area contributed by atoms with E-state index in [0.717, 1.165) is 23.8 Å². The first kappa shape index (κ1) is 12.2. The molecular weight excluding hydrogens is 260 g/mol. The van der Waals surface area contributed by atoms with Crippen LogP contribution in [0.4, 0.5) is 0 Å². The number of fused-ring (bicyclic) bond motifs is 1. The van der Waals surface area contributed by atoms with Gasteiger partial charge in [0, 0.05) is 11.9 Å². The van der Waals surface area contributed by atoms with Crippen molar-refractivity contribution in [3.8, 4) is 0 Å². The molecule has 1 saturated heterocycles. The zero-order valence-electron chi connectivity index (χ0n) is 10.3. The molecule has 2 aromatic rings. The lowest BCUT2D eigenvalue weighted by atomic mass is 10.2. The third-order valence-corrected chi connectivity index (χ3v) is 3.75. The molecule has 0 spiro atoms. The molecule has 1 amide bonds. The van der Waals surface area contributed by atoms with Crippen LogP contribution in [0.1, 0.15) is 23.4 Å². The van der Waals surface area contributed by atoms with Crippen molar-refractivity contribution in [2.45, 2.75) is 18.9 Å². The highest BCUT2D eigenvalue weighted by Crippen LogP contribution is 2.24. The van der Waals surface area contributed by atoms with Crippen LogP contribution in [0.25, 0.3) is 11.0 Å². The SMILES string of the molecule is NC(=S)C1CCCN1C(=O)c1cc2ccccc2o1. The van der Waals surface area contributed by atoms with E-state index in [1.54, 1.807) is 11.0 Å². The molecule has 1 aliphatic rings. The number of hydrogen-bond acceptors (Lipinski definition) is 3. The Morgan fingerprint density at radius 1 is 1.42 bits per heavy atom. The second kappa shape index (κ2) is 4.66. The molecule has 0 saturated carbocycles. The van der Waals surface area contributed by atoms with E-state index in [1.807, 2.05) is 24.3 Å². The van der Waals surface area contributed by atoms with Gasteiger partial charge in [-0.3, -0.25) is 4.79 Å². The van der Waals surface area contributed by atoms with Gasteiger partial charge in [0.05, 0.1) is 11.0 Å². The molecule has 0 bridgehead atoms. The summed E-state index contributed by atoms with van der Waals surface area (Å²) in [4.78, 5) is 14.5. The van der Waals surface area contributed by atoms with Gasteiger partial charge in [-0.25, -0.2) is 0 Å². The van der Waals surface area contributed by atoms with Gasteiger partial charge in [-0.1, -0.05) is 30.4 Å². The lowest BCUT2D eigenvalue weighted by molar-refractivity contribution is 0.0741. The third-order valence-electron chi connectivity index (χ3n) is 3.48. The van der Waals surface area contributed by atoms with Crippen molar-refractivity contribution >= 4 is 34.1 Å². The summed E-state index contributed by atoms with van der Waals surface area (Å²) in [5.74, 6) is 0.218. The molecule has 98 valence electrons. The Kier molecular flexibility index (Phi) is 2.98. The molecule has 1 aromatic heterocycles. The molecule has 2 N–H and O–H groups in total. The van der Waals surface area contributed by atoms with E-state index < -0.39 is 0 Å². The molecule has 1 aromatic carbocycles. The van der Waals surface area contributed by atoms with Crippen LogP contribution >= 0.6 is 12.2 Å². The first-order valence-corrected chi connectivity index (χ1v) is 6.66. The van der Waals surface area contributed by atoms with Crippen molar-refractivity contribution < 1.29 is 9.21 Å². The number of amides is 1. The zero-order valence-corrected chi connectivity index (χ0v) is 11.2. The summed E-state index contributed by atoms with van der Waals surface area (Å²) < 4.78 is 5.60. The molecule has 0 aliphatic carbocycles. The van der Waals surface area contributed by atoms with Crippen LogP contribution in [0, 0.1) is 0 Å². The van der Waals surface area contributed by atoms with Crippen LogP contribution in [-0.2, 0) is 0 Å². The molecule has 0 radical (unpaired) electrons. The van der Waals surface area contributed by atoms with Crippen molar-refractivity contribution in [3.63, 3.8) is 0 Å². The molecule has 1 fully saturated rings. The summed E-state index contributed by atoms with van der Waals surface area (Å²) in [5.41, 5.74) is 6.41. The number of rotatable bonds is 2. The minimum absolute atomic E-state index is 0.133. The molecule has 19 heavy (non-hydrogen) atoms. The van der Waals surface area contributed by atoms with Gasteiger partial charge in [-0.05, 0) is 25.0 Å². The number of likely N-dealkylation sites (tertiary alicyclic amines) is 1. The molecule has 2 heterocycles. The topological polar surface area (TPSA) is 59.5 Å². The Morgan fingerprint density at radius 3 is 2.95 bits per heavy atom. The Bertz CT molecular complexity index is 617.